The monoisotopic (exact) mass is 192 g/mol. The summed E-state index contributed by atoms with van der Waals surface area (Å²) in [6.07, 6.45) is 1.43. The number of rotatable bonds is 3. The van der Waals surface area contributed by atoms with Crippen molar-refractivity contribution in [3.63, 3.8) is 0 Å². The summed E-state index contributed by atoms with van der Waals surface area (Å²) in [5.74, 6) is 0.753. The van der Waals surface area contributed by atoms with Crippen molar-refractivity contribution in [3.8, 4) is 5.75 Å². The van der Waals surface area contributed by atoms with Crippen LogP contribution in [-0.4, -0.2) is 19.2 Å². The van der Waals surface area contributed by atoms with Gasteiger partial charge in [0.1, 0.15) is 11.9 Å². The van der Waals surface area contributed by atoms with Gasteiger partial charge in [0.2, 0.25) is 0 Å². The number of methoxy groups -OCH3 is 1. The smallest absolute Gasteiger partial charge is 0.309 e. The fourth-order valence-corrected chi connectivity index (χ4v) is 1.50. The van der Waals surface area contributed by atoms with E-state index >= 15 is 0 Å². The molecule has 1 aromatic rings. The molecular formula is C11H12O3. The SMILES string of the molecule is COc1ccc(CC2CC(=O)O2)cc1. The highest BCUT2D eigenvalue weighted by Crippen LogP contribution is 2.19. The van der Waals surface area contributed by atoms with Crippen LogP contribution in [-0.2, 0) is 16.0 Å². The zero-order chi connectivity index (χ0) is 9.97. The lowest BCUT2D eigenvalue weighted by Crippen LogP contribution is -2.34. The fourth-order valence-electron chi connectivity index (χ4n) is 1.50. The molecule has 0 N–H and O–H groups in total. The maximum absolute atomic E-state index is 10.6. The highest BCUT2D eigenvalue weighted by molar-refractivity contribution is 5.75. The second-order valence-electron chi connectivity index (χ2n) is 3.37. The number of benzene rings is 1. The number of hydrogen-bond donors (Lipinski definition) is 0. The van der Waals surface area contributed by atoms with Crippen LogP contribution in [0.5, 0.6) is 5.75 Å². The first-order chi connectivity index (χ1) is 6.78. The van der Waals surface area contributed by atoms with Crippen molar-refractivity contribution in [2.24, 2.45) is 0 Å². The van der Waals surface area contributed by atoms with E-state index in [1.165, 1.54) is 5.56 Å². The molecule has 3 heteroatoms. The first kappa shape index (κ1) is 9.06. The first-order valence-corrected chi connectivity index (χ1v) is 4.60. The standard InChI is InChI=1S/C11H12O3/c1-13-9-4-2-8(3-5-9)6-10-7-11(12)14-10/h2-5,10H,6-7H2,1H3. The Morgan fingerprint density at radius 3 is 2.57 bits per heavy atom. The van der Waals surface area contributed by atoms with Gasteiger partial charge in [-0.15, -0.1) is 0 Å². The third kappa shape index (κ3) is 1.87. The minimum absolute atomic E-state index is 0.0795. The molecule has 1 aliphatic rings. The molecule has 0 radical (unpaired) electrons. The minimum atomic E-state index is -0.0940. The lowest BCUT2D eigenvalue weighted by atomic mass is 10.0. The molecule has 1 aromatic carbocycles. The number of carbonyl (C=O) groups is 1. The Kier molecular flexibility index (Phi) is 2.39. The van der Waals surface area contributed by atoms with Crippen molar-refractivity contribution in [3.05, 3.63) is 29.8 Å². The molecule has 0 bridgehead atoms. The largest absolute Gasteiger partial charge is 0.497 e. The average Bonchev–Trinajstić information content (AvgIpc) is 2.17. The van der Waals surface area contributed by atoms with Gasteiger partial charge in [0, 0.05) is 6.42 Å². The number of esters is 1. The van der Waals surface area contributed by atoms with Crippen LogP contribution in [0.4, 0.5) is 0 Å². The molecular weight excluding hydrogens is 180 g/mol. The summed E-state index contributed by atoms with van der Waals surface area (Å²) < 4.78 is 9.98. The van der Waals surface area contributed by atoms with E-state index in [4.69, 9.17) is 9.47 Å². The van der Waals surface area contributed by atoms with Crippen molar-refractivity contribution in [1.82, 2.24) is 0 Å². The Bertz CT molecular complexity index is 321. The van der Waals surface area contributed by atoms with Gasteiger partial charge in [-0.25, -0.2) is 0 Å². The van der Waals surface area contributed by atoms with Crippen molar-refractivity contribution in [2.75, 3.05) is 7.11 Å². The van der Waals surface area contributed by atoms with Crippen LogP contribution in [0.2, 0.25) is 0 Å². The topological polar surface area (TPSA) is 35.5 Å². The summed E-state index contributed by atoms with van der Waals surface area (Å²) in [7, 11) is 1.64. The van der Waals surface area contributed by atoms with E-state index in [9.17, 15) is 4.79 Å². The zero-order valence-corrected chi connectivity index (χ0v) is 8.03. The molecule has 74 valence electrons. The molecule has 2 rings (SSSR count). The van der Waals surface area contributed by atoms with Crippen LogP contribution in [0.15, 0.2) is 24.3 Å². The second kappa shape index (κ2) is 3.70. The van der Waals surface area contributed by atoms with Crippen LogP contribution in [0.25, 0.3) is 0 Å². The second-order valence-corrected chi connectivity index (χ2v) is 3.37. The van der Waals surface area contributed by atoms with E-state index in [0.717, 1.165) is 12.2 Å². The molecule has 0 aromatic heterocycles. The summed E-state index contributed by atoms with van der Waals surface area (Å²) >= 11 is 0. The van der Waals surface area contributed by atoms with Gasteiger partial charge in [-0.1, -0.05) is 12.1 Å². The number of cyclic esters (lactones) is 1. The molecule has 0 spiro atoms. The van der Waals surface area contributed by atoms with Crippen LogP contribution in [0, 0.1) is 0 Å². The first-order valence-electron chi connectivity index (χ1n) is 4.60. The Balaban J connectivity index is 1.93. The molecule has 1 heterocycles. The Morgan fingerprint density at radius 2 is 2.07 bits per heavy atom. The fraction of sp³-hybridized carbons (Fsp3) is 0.364. The van der Waals surface area contributed by atoms with Crippen LogP contribution < -0.4 is 4.74 Å². The number of hydrogen-bond acceptors (Lipinski definition) is 3. The van der Waals surface area contributed by atoms with Gasteiger partial charge in [0.05, 0.1) is 13.5 Å². The molecule has 14 heavy (non-hydrogen) atoms. The average molecular weight is 192 g/mol. The lowest BCUT2D eigenvalue weighted by Gasteiger charge is -2.25. The van der Waals surface area contributed by atoms with Gasteiger partial charge in [-0.05, 0) is 17.7 Å². The highest BCUT2D eigenvalue weighted by atomic mass is 16.6. The highest BCUT2D eigenvalue weighted by Gasteiger charge is 2.28. The van der Waals surface area contributed by atoms with E-state index in [1.54, 1.807) is 7.11 Å². The summed E-state index contributed by atoms with van der Waals surface area (Å²) in [4.78, 5) is 10.6. The predicted molar refractivity (Wildman–Crippen MR) is 51.2 cm³/mol. The van der Waals surface area contributed by atoms with Crippen molar-refractivity contribution < 1.29 is 14.3 Å². The molecule has 3 nitrogen and oxygen atoms in total. The van der Waals surface area contributed by atoms with Crippen LogP contribution in [0.3, 0.4) is 0 Å². The summed E-state index contributed by atoms with van der Waals surface area (Å²) in [5.41, 5.74) is 1.17. The quantitative estimate of drug-likeness (QED) is 0.682. The summed E-state index contributed by atoms with van der Waals surface area (Å²) in [6, 6.07) is 7.81. The predicted octanol–water partition coefficient (Wildman–Crippen LogP) is 1.55. The minimum Gasteiger partial charge on any atom is -0.497 e. The molecule has 0 saturated carbocycles. The van der Waals surface area contributed by atoms with Gasteiger partial charge < -0.3 is 9.47 Å². The van der Waals surface area contributed by atoms with Gasteiger partial charge in [0.25, 0.3) is 0 Å². The number of carbonyl (C=O) groups excluding carboxylic acids is 1. The molecule has 1 unspecified atom stereocenters. The van der Waals surface area contributed by atoms with Crippen molar-refractivity contribution in [2.45, 2.75) is 18.9 Å². The molecule has 1 fully saturated rings. The van der Waals surface area contributed by atoms with E-state index < -0.39 is 0 Å². The van der Waals surface area contributed by atoms with E-state index in [-0.39, 0.29) is 12.1 Å². The van der Waals surface area contributed by atoms with Crippen molar-refractivity contribution >= 4 is 5.97 Å². The van der Waals surface area contributed by atoms with E-state index in [1.807, 2.05) is 24.3 Å². The van der Waals surface area contributed by atoms with E-state index in [0.29, 0.717) is 6.42 Å². The molecule has 0 amide bonds. The van der Waals surface area contributed by atoms with Crippen LogP contribution in [0.1, 0.15) is 12.0 Å². The lowest BCUT2D eigenvalue weighted by molar-refractivity contribution is -0.169. The molecule has 1 saturated heterocycles. The maximum atomic E-state index is 10.6. The number of ether oxygens (including phenoxy) is 2. The maximum Gasteiger partial charge on any atom is 0.309 e. The zero-order valence-electron chi connectivity index (χ0n) is 8.03. The van der Waals surface area contributed by atoms with Crippen molar-refractivity contribution in [1.29, 1.82) is 0 Å². The third-order valence-electron chi connectivity index (χ3n) is 2.31. The van der Waals surface area contributed by atoms with Gasteiger partial charge in [-0.2, -0.15) is 0 Å². The third-order valence-corrected chi connectivity index (χ3v) is 2.31. The summed E-state index contributed by atoms with van der Waals surface area (Å²) in [5, 5.41) is 0. The summed E-state index contributed by atoms with van der Waals surface area (Å²) in [6.45, 7) is 0. The molecule has 1 atom stereocenters. The van der Waals surface area contributed by atoms with E-state index in [2.05, 4.69) is 0 Å². The molecule has 0 aliphatic carbocycles. The van der Waals surface area contributed by atoms with Crippen LogP contribution >= 0.6 is 0 Å². The van der Waals surface area contributed by atoms with Gasteiger partial charge in [-0.3, -0.25) is 4.79 Å². The van der Waals surface area contributed by atoms with Gasteiger partial charge >= 0.3 is 5.97 Å². The normalized spacial score (nSPS) is 19.8. The Hall–Kier alpha value is -1.51. The Morgan fingerprint density at radius 1 is 1.43 bits per heavy atom. The van der Waals surface area contributed by atoms with Gasteiger partial charge in [0.15, 0.2) is 0 Å². The Labute approximate surface area is 82.6 Å². The molecule has 1 aliphatic heterocycles.